The van der Waals surface area contributed by atoms with E-state index in [4.69, 9.17) is 15.5 Å². The van der Waals surface area contributed by atoms with Gasteiger partial charge in [-0.15, -0.1) is 24.0 Å². The van der Waals surface area contributed by atoms with E-state index in [0.717, 1.165) is 24.6 Å². The number of halogens is 1. The summed E-state index contributed by atoms with van der Waals surface area (Å²) in [5, 5.41) is 6.92. The molecule has 0 aromatic heterocycles. The molecule has 3 rings (SSSR count). The van der Waals surface area contributed by atoms with Gasteiger partial charge in [-0.05, 0) is 43.0 Å². The van der Waals surface area contributed by atoms with Crippen LogP contribution < -0.4 is 21.1 Å². The number of carbonyl (C=O) groups is 1. The smallest absolute Gasteiger partial charge is 0.255 e. The van der Waals surface area contributed by atoms with E-state index in [9.17, 15) is 4.79 Å². The molecule has 0 atom stereocenters. The van der Waals surface area contributed by atoms with E-state index in [1.807, 2.05) is 24.3 Å². The molecule has 2 aromatic rings. The molecule has 1 fully saturated rings. The van der Waals surface area contributed by atoms with Crippen LogP contribution in [0, 0.1) is 0 Å². The van der Waals surface area contributed by atoms with Crippen molar-refractivity contribution in [1.82, 2.24) is 10.6 Å². The Morgan fingerprint density at radius 1 is 1.10 bits per heavy atom. The fourth-order valence-electron chi connectivity index (χ4n) is 4.06. The summed E-state index contributed by atoms with van der Waals surface area (Å²) in [4.78, 5) is 15.7. The van der Waals surface area contributed by atoms with Gasteiger partial charge in [0.05, 0.1) is 6.54 Å². The molecule has 6 nitrogen and oxygen atoms in total. The van der Waals surface area contributed by atoms with Gasteiger partial charge in [0, 0.05) is 18.5 Å². The van der Waals surface area contributed by atoms with Crippen molar-refractivity contribution in [3.8, 4) is 5.75 Å². The highest BCUT2D eigenvalue weighted by Crippen LogP contribution is 2.40. The van der Waals surface area contributed by atoms with Crippen molar-refractivity contribution in [2.45, 2.75) is 44.6 Å². The molecule has 0 radical (unpaired) electrons. The lowest BCUT2D eigenvalue weighted by molar-refractivity contribution is -0.119. The Labute approximate surface area is 202 Å². The third-order valence-corrected chi connectivity index (χ3v) is 5.58. The van der Waals surface area contributed by atoms with Gasteiger partial charge in [-0.3, -0.25) is 4.79 Å². The van der Waals surface area contributed by atoms with E-state index in [2.05, 4.69) is 47.9 Å². The lowest BCUT2D eigenvalue weighted by Gasteiger charge is -2.30. The van der Waals surface area contributed by atoms with Gasteiger partial charge in [0.1, 0.15) is 5.75 Å². The Balaban J connectivity index is 0.00000341. The summed E-state index contributed by atoms with van der Waals surface area (Å²) < 4.78 is 5.39. The minimum atomic E-state index is -0.490. The molecule has 0 aliphatic heterocycles. The first-order valence-electron chi connectivity index (χ1n) is 10.7. The molecule has 1 amide bonds. The molecule has 2 aromatic carbocycles. The molecule has 7 heteroatoms. The van der Waals surface area contributed by atoms with E-state index in [1.165, 1.54) is 31.2 Å². The lowest BCUT2D eigenvalue weighted by Crippen LogP contribution is -2.44. The minimum absolute atomic E-state index is 0. The van der Waals surface area contributed by atoms with E-state index in [1.54, 1.807) is 0 Å². The monoisotopic (exact) mass is 536 g/mol. The van der Waals surface area contributed by atoms with E-state index in [-0.39, 0.29) is 36.0 Å². The molecule has 0 spiro atoms. The van der Waals surface area contributed by atoms with Crippen molar-refractivity contribution in [2.75, 3.05) is 19.7 Å². The summed E-state index contributed by atoms with van der Waals surface area (Å²) in [6.07, 6.45) is 4.93. The average Bonchev–Trinajstić information content (AvgIpc) is 3.25. The molecule has 1 aliphatic carbocycles. The summed E-state index contributed by atoms with van der Waals surface area (Å²) in [6.45, 7) is 4.12. The lowest BCUT2D eigenvalue weighted by atomic mass is 9.79. The Morgan fingerprint density at radius 3 is 2.52 bits per heavy atom. The van der Waals surface area contributed by atoms with E-state index in [0.29, 0.717) is 12.3 Å². The number of ether oxygens (including phenoxy) is 1. The summed E-state index contributed by atoms with van der Waals surface area (Å²) in [5.74, 6) is 0.938. The Hall–Kier alpha value is -2.29. The summed E-state index contributed by atoms with van der Waals surface area (Å²) in [5.41, 5.74) is 7.73. The summed E-state index contributed by atoms with van der Waals surface area (Å²) in [6, 6.07) is 18.4. The number of amides is 1. The number of nitrogens with zero attached hydrogens (tertiary/aromatic N) is 1. The van der Waals surface area contributed by atoms with Gasteiger partial charge in [-0.2, -0.15) is 0 Å². The van der Waals surface area contributed by atoms with Crippen LogP contribution in [0.5, 0.6) is 5.75 Å². The second-order valence-corrected chi connectivity index (χ2v) is 7.80. The first-order valence-corrected chi connectivity index (χ1v) is 10.7. The molecular weight excluding hydrogens is 503 g/mol. The number of rotatable bonds is 9. The van der Waals surface area contributed by atoms with Crippen molar-refractivity contribution >= 4 is 35.8 Å². The number of hydrogen-bond donors (Lipinski definition) is 3. The quantitative estimate of drug-likeness (QED) is 0.259. The number of nitrogens with two attached hydrogens (primary N) is 1. The number of carbonyl (C=O) groups excluding carboxylic acids is 1. The maximum Gasteiger partial charge on any atom is 0.255 e. The predicted molar refractivity (Wildman–Crippen MR) is 136 cm³/mol. The van der Waals surface area contributed by atoms with Crippen LogP contribution in [0.3, 0.4) is 0 Å². The summed E-state index contributed by atoms with van der Waals surface area (Å²) in [7, 11) is 0. The molecule has 4 N–H and O–H groups in total. The highest BCUT2D eigenvalue weighted by Gasteiger charge is 2.35. The fourth-order valence-corrected chi connectivity index (χ4v) is 4.06. The second-order valence-electron chi connectivity index (χ2n) is 7.80. The van der Waals surface area contributed by atoms with E-state index < -0.39 is 5.91 Å². The first-order chi connectivity index (χ1) is 14.6. The number of aliphatic imine (C=N–C) groups is 1. The van der Waals surface area contributed by atoms with Gasteiger partial charge in [-0.25, -0.2) is 4.99 Å². The Bertz CT molecular complexity index is 852. The van der Waals surface area contributed by atoms with Crippen LogP contribution in [0.1, 0.15) is 43.7 Å². The highest BCUT2D eigenvalue weighted by molar-refractivity contribution is 14.0. The van der Waals surface area contributed by atoms with Crippen LogP contribution in [-0.2, 0) is 16.8 Å². The SMILES string of the molecule is CCNC(=NCc1cccc(OCC(N)=O)c1)NCC1(c2ccccc2)CCCC1.I. The normalized spacial score (nSPS) is 15.1. The molecule has 1 saturated carbocycles. The van der Waals surface area contributed by atoms with Crippen molar-refractivity contribution in [3.05, 3.63) is 65.7 Å². The van der Waals surface area contributed by atoms with Gasteiger partial charge in [0.25, 0.3) is 5.91 Å². The van der Waals surface area contributed by atoms with Crippen molar-refractivity contribution < 1.29 is 9.53 Å². The van der Waals surface area contributed by atoms with Gasteiger partial charge in [0.2, 0.25) is 0 Å². The maximum absolute atomic E-state index is 10.9. The fraction of sp³-hybridized carbons (Fsp3) is 0.417. The van der Waals surface area contributed by atoms with Gasteiger partial charge in [0.15, 0.2) is 12.6 Å². The van der Waals surface area contributed by atoms with Crippen molar-refractivity contribution in [3.63, 3.8) is 0 Å². The molecule has 31 heavy (non-hydrogen) atoms. The van der Waals surface area contributed by atoms with Crippen LogP contribution in [0.15, 0.2) is 59.6 Å². The molecule has 1 aliphatic rings. The van der Waals surface area contributed by atoms with Gasteiger partial charge in [-0.1, -0.05) is 55.3 Å². The van der Waals surface area contributed by atoms with Crippen LogP contribution in [0.2, 0.25) is 0 Å². The van der Waals surface area contributed by atoms with Crippen LogP contribution in [0.4, 0.5) is 0 Å². The van der Waals surface area contributed by atoms with Crippen molar-refractivity contribution in [2.24, 2.45) is 10.7 Å². The molecule has 0 saturated heterocycles. The Morgan fingerprint density at radius 2 is 1.84 bits per heavy atom. The molecule has 0 unspecified atom stereocenters. The molecule has 0 heterocycles. The van der Waals surface area contributed by atoms with Gasteiger partial charge >= 0.3 is 0 Å². The Kier molecular flexibility index (Phi) is 10.1. The standard InChI is InChI=1S/C24H32N4O2.HI/c1-2-26-23(27-16-19-9-8-12-21(15-19)30-17-22(25)29)28-18-24(13-6-7-14-24)20-10-4-3-5-11-20;/h3-5,8-12,15H,2,6-7,13-14,16-18H2,1H3,(H2,25,29)(H2,26,27,28);1H. The maximum atomic E-state index is 10.9. The number of nitrogens with one attached hydrogen (secondary N) is 2. The minimum Gasteiger partial charge on any atom is -0.484 e. The topological polar surface area (TPSA) is 88.7 Å². The highest BCUT2D eigenvalue weighted by atomic mass is 127. The zero-order valence-electron chi connectivity index (χ0n) is 18.1. The largest absolute Gasteiger partial charge is 0.484 e. The average molecular weight is 536 g/mol. The number of guanidine groups is 1. The zero-order valence-corrected chi connectivity index (χ0v) is 20.4. The molecular formula is C24H33IN4O2. The first kappa shape index (κ1) is 25.0. The number of benzene rings is 2. The summed E-state index contributed by atoms with van der Waals surface area (Å²) >= 11 is 0. The third-order valence-electron chi connectivity index (χ3n) is 5.58. The second kappa shape index (κ2) is 12.5. The van der Waals surface area contributed by atoms with Crippen LogP contribution in [0.25, 0.3) is 0 Å². The number of hydrogen-bond acceptors (Lipinski definition) is 3. The molecule has 0 bridgehead atoms. The van der Waals surface area contributed by atoms with Crippen LogP contribution in [-0.4, -0.2) is 31.6 Å². The van der Waals surface area contributed by atoms with E-state index >= 15 is 0 Å². The number of primary amides is 1. The van der Waals surface area contributed by atoms with Gasteiger partial charge < -0.3 is 21.1 Å². The molecule has 168 valence electrons. The van der Waals surface area contributed by atoms with Crippen molar-refractivity contribution in [1.29, 1.82) is 0 Å². The van der Waals surface area contributed by atoms with Crippen LogP contribution >= 0.6 is 24.0 Å². The predicted octanol–water partition coefficient (Wildman–Crippen LogP) is 3.74. The third kappa shape index (κ3) is 7.41. The zero-order chi connectivity index (χ0) is 21.2.